The molecule has 26 heavy (non-hydrogen) atoms. The summed E-state index contributed by atoms with van der Waals surface area (Å²) >= 11 is 6.17. The second-order valence-electron chi connectivity index (χ2n) is 6.53. The number of benzene rings is 2. The molecule has 0 bridgehead atoms. The topological polar surface area (TPSA) is 53.2 Å². The smallest absolute Gasteiger partial charge is 0.233 e. The second kappa shape index (κ2) is 6.57. The summed E-state index contributed by atoms with van der Waals surface area (Å²) in [6, 6.07) is 11.6. The number of nitrogens with zero attached hydrogens (tertiary/aromatic N) is 1. The van der Waals surface area contributed by atoms with Crippen LogP contribution in [0, 0.1) is 11.7 Å². The molecule has 1 saturated heterocycles. The SMILES string of the molecule is O=C1C[C@H](Cc2c[nH]c3c(Cl)cccc23)C(=O)N1Cc1cccc(F)c1. The summed E-state index contributed by atoms with van der Waals surface area (Å²) in [4.78, 5) is 29.4. The minimum atomic E-state index is -0.408. The lowest BCUT2D eigenvalue weighted by Gasteiger charge is -2.15. The summed E-state index contributed by atoms with van der Waals surface area (Å²) in [7, 11) is 0. The first-order chi connectivity index (χ1) is 12.5. The third kappa shape index (κ3) is 2.99. The third-order valence-corrected chi connectivity index (χ3v) is 5.10. The molecular weight excluding hydrogens is 355 g/mol. The van der Waals surface area contributed by atoms with Gasteiger partial charge in [0.05, 0.1) is 23.0 Å². The van der Waals surface area contributed by atoms with Gasteiger partial charge in [0.15, 0.2) is 0 Å². The highest BCUT2D eigenvalue weighted by Crippen LogP contribution is 2.30. The normalized spacial score (nSPS) is 17.5. The van der Waals surface area contributed by atoms with E-state index in [1.54, 1.807) is 18.2 Å². The zero-order chi connectivity index (χ0) is 18.3. The number of nitrogens with one attached hydrogen (secondary N) is 1. The van der Waals surface area contributed by atoms with Crippen LogP contribution in [0.2, 0.25) is 5.02 Å². The van der Waals surface area contributed by atoms with Crippen molar-refractivity contribution >= 4 is 34.3 Å². The first-order valence-corrected chi connectivity index (χ1v) is 8.74. The Kier molecular flexibility index (Phi) is 4.24. The lowest BCUT2D eigenvalue weighted by Crippen LogP contribution is -2.30. The van der Waals surface area contributed by atoms with Crippen LogP contribution in [-0.4, -0.2) is 21.7 Å². The van der Waals surface area contributed by atoms with E-state index in [1.165, 1.54) is 17.0 Å². The molecule has 1 fully saturated rings. The number of carbonyl (C=O) groups is 2. The maximum Gasteiger partial charge on any atom is 0.233 e. The van der Waals surface area contributed by atoms with E-state index in [0.29, 0.717) is 17.0 Å². The van der Waals surface area contributed by atoms with Crippen molar-refractivity contribution in [3.05, 3.63) is 70.6 Å². The fraction of sp³-hybridized carbons (Fsp3) is 0.200. The molecule has 0 unspecified atom stereocenters. The minimum Gasteiger partial charge on any atom is -0.360 e. The minimum absolute atomic E-state index is 0.103. The zero-order valence-corrected chi connectivity index (χ0v) is 14.6. The molecule has 3 aromatic rings. The number of hydrogen-bond donors (Lipinski definition) is 1. The van der Waals surface area contributed by atoms with Crippen LogP contribution in [0.3, 0.4) is 0 Å². The lowest BCUT2D eigenvalue weighted by molar-refractivity contribution is -0.140. The number of fused-ring (bicyclic) bond motifs is 1. The molecule has 2 amide bonds. The van der Waals surface area contributed by atoms with Crippen molar-refractivity contribution in [2.75, 3.05) is 0 Å². The van der Waals surface area contributed by atoms with Crippen LogP contribution in [0.1, 0.15) is 17.5 Å². The number of imide groups is 1. The van der Waals surface area contributed by atoms with Crippen LogP contribution < -0.4 is 0 Å². The van der Waals surface area contributed by atoms with Gasteiger partial charge in [-0.25, -0.2) is 4.39 Å². The van der Waals surface area contributed by atoms with Gasteiger partial charge in [-0.15, -0.1) is 0 Å². The van der Waals surface area contributed by atoms with Crippen molar-refractivity contribution in [3.8, 4) is 0 Å². The van der Waals surface area contributed by atoms with E-state index in [4.69, 9.17) is 11.6 Å². The van der Waals surface area contributed by atoms with Crippen LogP contribution in [0.25, 0.3) is 10.9 Å². The summed E-state index contributed by atoms with van der Waals surface area (Å²) in [5.74, 6) is -1.22. The van der Waals surface area contributed by atoms with Crippen molar-refractivity contribution in [2.24, 2.45) is 5.92 Å². The van der Waals surface area contributed by atoms with Gasteiger partial charge in [-0.2, -0.15) is 0 Å². The molecule has 1 aliphatic heterocycles. The molecule has 1 N–H and O–H groups in total. The molecule has 4 rings (SSSR count). The lowest BCUT2D eigenvalue weighted by atomic mass is 9.97. The number of aromatic amines is 1. The summed E-state index contributed by atoms with van der Waals surface area (Å²) in [5.41, 5.74) is 2.39. The molecular formula is C20H16ClFN2O2. The highest BCUT2D eigenvalue weighted by molar-refractivity contribution is 6.35. The Morgan fingerprint density at radius 2 is 2.00 bits per heavy atom. The number of carbonyl (C=O) groups excluding carboxylic acids is 2. The van der Waals surface area contributed by atoms with E-state index in [2.05, 4.69) is 4.98 Å². The van der Waals surface area contributed by atoms with Gasteiger partial charge in [0.2, 0.25) is 11.8 Å². The molecule has 1 atom stereocenters. The van der Waals surface area contributed by atoms with Gasteiger partial charge in [0.25, 0.3) is 0 Å². The first-order valence-electron chi connectivity index (χ1n) is 8.36. The van der Waals surface area contributed by atoms with Gasteiger partial charge < -0.3 is 4.98 Å². The standard InChI is InChI=1S/C20H16ClFN2O2/c21-17-6-2-5-16-14(10-23-19(16)17)8-13-9-18(25)24(20(13)26)11-12-3-1-4-15(22)7-12/h1-7,10,13,23H,8-9,11H2/t13-/m0/s1. The van der Waals surface area contributed by atoms with Gasteiger partial charge in [-0.1, -0.05) is 35.9 Å². The molecule has 4 nitrogen and oxygen atoms in total. The zero-order valence-electron chi connectivity index (χ0n) is 13.8. The molecule has 2 aromatic carbocycles. The first kappa shape index (κ1) is 16.8. The van der Waals surface area contributed by atoms with Gasteiger partial charge in [-0.05, 0) is 35.7 Å². The molecule has 2 heterocycles. The van der Waals surface area contributed by atoms with E-state index in [9.17, 15) is 14.0 Å². The molecule has 0 radical (unpaired) electrons. The quantitative estimate of drug-likeness (QED) is 0.703. The monoisotopic (exact) mass is 370 g/mol. The van der Waals surface area contributed by atoms with Gasteiger partial charge in [0.1, 0.15) is 5.82 Å². The van der Waals surface area contributed by atoms with E-state index >= 15 is 0 Å². The summed E-state index contributed by atoms with van der Waals surface area (Å²) in [5, 5.41) is 1.58. The fourth-order valence-corrected chi connectivity index (χ4v) is 3.73. The predicted molar refractivity (Wildman–Crippen MR) is 97.1 cm³/mol. The van der Waals surface area contributed by atoms with Crippen molar-refractivity contribution in [2.45, 2.75) is 19.4 Å². The predicted octanol–water partition coefficient (Wildman–Crippen LogP) is 4.08. The Bertz CT molecular complexity index is 1010. The summed E-state index contributed by atoms with van der Waals surface area (Å²) in [6.07, 6.45) is 2.47. The van der Waals surface area contributed by atoms with E-state index < -0.39 is 5.92 Å². The average molecular weight is 371 g/mol. The number of likely N-dealkylation sites (tertiary alicyclic amines) is 1. The highest BCUT2D eigenvalue weighted by Gasteiger charge is 2.38. The van der Waals surface area contributed by atoms with Crippen LogP contribution in [0.15, 0.2) is 48.7 Å². The van der Waals surface area contributed by atoms with E-state index in [0.717, 1.165) is 16.5 Å². The molecule has 0 aliphatic carbocycles. The number of amides is 2. The maximum atomic E-state index is 13.3. The molecule has 0 spiro atoms. The summed E-state index contributed by atoms with van der Waals surface area (Å²) < 4.78 is 13.3. The van der Waals surface area contributed by atoms with Crippen LogP contribution in [0.4, 0.5) is 4.39 Å². The Labute approximate surface area is 154 Å². The van der Waals surface area contributed by atoms with Crippen molar-refractivity contribution in [1.29, 1.82) is 0 Å². The van der Waals surface area contributed by atoms with Crippen molar-refractivity contribution in [3.63, 3.8) is 0 Å². The largest absolute Gasteiger partial charge is 0.360 e. The number of para-hydroxylation sites is 1. The van der Waals surface area contributed by atoms with Crippen molar-refractivity contribution in [1.82, 2.24) is 9.88 Å². The number of H-pyrrole nitrogens is 1. The van der Waals surface area contributed by atoms with E-state index in [-0.39, 0.29) is 30.6 Å². The average Bonchev–Trinajstić information content (AvgIpc) is 3.13. The number of aromatic nitrogens is 1. The Morgan fingerprint density at radius 3 is 2.81 bits per heavy atom. The highest BCUT2D eigenvalue weighted by atomic mass is 35.5. The summed E-state index contributed by atoms with van der Waals surface area (Å²) in [6.45, 7) is 0.103. The molecule has 1 aliphatic rings. The van der Waals surface area contributed by atoms with Gasteiger partial charge in [-0.3, -0.25) is 14.5 Å². The Morgan fingerprint density at radius 1 is 1.19 bits per heavy atom. The molecule has 132 valence electrons. The number of rotatable bonds is 4. The molecule has 0 saturated carbocycles. The maximum absolute atomic E-state index is 13.3. The van der Waals surface area contributed by atoms with Crippen molar-refractivity contribution < 1.29 is 14.0 Å². The van der Waals surface area contributed by atoms with Crippen LogP contribution in [0.5, 0.6) is 0 Å². The fourth-order valence-electron chi connectivity index (χ4n) is 3.50. The number of halogens is 2. The van der Waals surface area contributed by atoms with Gasteiger partial charge in [0, 0.05) is 18.0 Å². The van der Waals surface area contributed by atoms with Gasteiger partial charge >= 0.3 is 0 Å². The second-order valence-corrected chi connectivity index (χ2v) is 6.94. The molecule has 1 aromatic heterocycles. The number of hydrogen-bond acceptors (Lipinski definition) is 2. The van der Waals surface area contributed by atoms with E-state index in [1.807, 2.05) is 18.3 Å². The Hall–Kier alpha value is -2.66. The Balaban J connectivity index is 1.54. The molecule has 6 heteroatoms. The van der Waals surface area contributed by atoms with Crippen LogP contribution >= 0.6 is 11.6 Å². The third-order valence-electron chi connectivity index (χ3n) is 4.78. The van der Waals surface area contributed by atoms with Crippen LogP contribution in [-0.2, 0) is 22.6 Å².